The van der Waals surface area contributed by atoms with Crippen molar-refractivity contribution >= 4 is 11.6 Å². The summed E-state index contributed by atoms with van der Waals surface area (Å²) in [6.07, 6.45) is -2.96. The second-order valence-corrected chi connectivity index (χ2v) is 5.23. The molecule has 1 aromatic carbocycles. The summed E-state index contributed by atoms with van der Waals surface area (Å²) in [7, 11) is 0. The third-order valence-electron chi connectivity index (χ3n) is 3.03. The number of aromatic nitrogens is 1. The van der Waals surface area contributed by atoms with Gasteiger partial charge in [0.1, 0.15) is 5.82 Å². The number of aryl methyl sites for hydroxylation is 1. The minimum atomic E-state index is -4.74. The summed E-state index contributed by atoms with van der Waals surface area (Å²) in [5.74, 6) is -1.32. The van der Waals surface area contributed by atoms with Crippen molar-refractivity contribution in [3.8, 4) is 0 Å². The molecule has 1 heterocycles. The van der Waals surface area contributed by atoms with Crippen molar-refractivity contribution < 1.29 is 17.6 Å². The fraction of sp³-hybridized carbons (Fsp3) is 0.267. The first kappa shape index (κ1) is 15.8. The molecule has 0 spiro atoms. The van der Waals surface area contributed by atoms with Crippen molar-refractivity contribution in [2.75, 3.05) is 0 Å². The van der Waals surface area contributed by atoms with Gasteiger partial charge in [0.25, 0.3) is 0 Å². The van der Waals surface area contributed by atoms with E-state index in [1.54, 1.807) is 12.3 Å². The second kappa shape index (κ2) is 6.02. The van der Waals surface area contributed by atoms with Crippen LogP contribution in [-0.4, -0.2) is 4.98 Å². The van der Waals surface area contributed by atoms with Gasteiger partial charge in [-0.25, -0.2) is 4.39 Å². The van der Waals surface area contributed by atoms with Crippen LogP contribution in [-0.2, 0) is 12.6 Å². The molecule has 0 amide bonds. The zero-order valence-corrected chi connectivity index (χ0v) is 11.8. The lowest BCUT2D eigenvalue weighted by atomic mass is 10.0. The first-order valence-electron chi connectivity index (χ1n) is 6.20. The summed E-state index contributed by atoms with van der Waals surface area (Å²) in [5, 5.41) is -0.914. The zero-order valence-electron chi connectivity index (χ0n) is 11.1. The number of nitrogens with zero attached hydrogens (tertiary/aromatic N) is 1. The minimum Gasteiger partial charge on any atom is -0.261 e. The van der Waals surface area contributed by atoms with Crippen LogP contribution < -0.4 is 0 Å². The Hall–Kier alpha value is -1.62. The molecule has 1 aromatic heterocycles. The molecule has 1 atom stereocenters. The maximum atomic E-state index is 14.0. The monoisotopic (exact) mass is 317 g/mol. The maximum Gasteiger partial charge on any atom is 0.419 e. The van der Waals surface area contributed by atoms with Crippen LogP contribution >= 0.6 is 11.6 Å². The number of rotatable bonds is 3. The summed E-state index contributed by atoms with van der Waals surface area (Å²) >= 11 is 6.06. The molecule has 0 bridgehead atoms. The van der Waals surface area contributed by atoms with E-state index < -0.39 is 22.9 Å². The van der Waals surface area contributed by atoms with Crippen molar-refractivity contribution in [3.05, 3.63) is 64.7 Å². The number of hydrogen-bond acceptors (Lipinski definition) is 1. The van der Waals surface area contributed by atoms with E-state index in [0.29, 0.717) is 11.8 Å². The Morgan fingerprint density at radius 2 is 1.90 bits per heavy atom. The summed E-state index contributed by atoms with van der Waals surface area (Å²) in [6.45, 7) is 1.86. The van der Waals surface area contributed by atoms with Crippen molar-refractivity contribution in [1.82, 2.24) is 4.98 Å². The summed E-state index contributed by atoms with van der Waals surface area (Å²) in [5.41, 5.74) is 0.0731. The highest BCUT2D eigenvalue weighted by Gasteiger charge is 2.35. The van der Waals surface area contributed by atoms with E-state index in [-0.39, 0.29) is 12.0 Å². The summed E-state index contributed by atoms with van der Waals surface area (Å²) < 4.78 is 52.0. The van der Waals surface area contributed by atoms with E-state index in [2.05, 4.69) is 4.98 Å². The quantitative estimate of drug-likeness (QED) is 0.569. The van der Waals surface area contributed by atoms with Crippen LogP contribution in [0.3, 0.4) is 0 Å². The Bertz CT molecular complexity index is 623. The number of pyridine rings is 1. The van der Waals surface area contributed by atoms with Crippen LogP contribution in [0.4, 0.5) is 17.6 Å². The predicted molar refractivity (Wildman–Crippen MR) is 72.7 cm³/mol. The van der Waals surface area contributed by atoms with Gasteiger partial charge < -0.3 is 0 Å². The van der Waals surface area contributed by atoms with Crippen LogP contribution in [0, 0.1) is 12.7 Å². The normalized spacial score (nSPS) is 13.2. The van der Waals surface area contributed by atoms with Crippen LogP contribution in [0.1, 0.15) is 27.8 Å². The van der Waals surface area contributed by atoms with E-state index in [9.17, 15) is 17.6 Å². The zero-order chi connectivity index (χ0) is 15.6. The van der Waals surface area contributed by atoms with E-state index in [0.717, 1.165) is 11.6 Å². The van der Waals surface area contributed by atoms with E-state index >= 15 is 0 Å². The van der Waals surface area contributed by atoms with Gasteiger partial charge in [0.05, 0.1) is 10.9 Å². The first-order chi connectivity index (χ1) is 9.79. The fourth-order valence-electron chi connectivity index (χ4n) is 1.92. The lowest BCUT2D eigenvalue weighted by molar-refractivity contribution is -0.140. The van der Waals surface area contributed by atoms with Crippen LogP contribution in [0.5, 0.6) is 0 Å². The van der Waals surface area contributed by atoms with Crippen molar-refractivity contribution in [2.24, 2.45) is 0 Å². The molecule has 0 radical (unpaired) electrons. The molecule has 0 saturated heterocycles. The SMILES string of the molecule is Cc1ccc(CC(Cl)c2cccc(C(F)(F)F)c2F)nc1. The Morgan fingerprint density at radius 1 is 1.19 bits per heavy atom. The summed E-state index contributed by atoms with van der Waals surface area (Å²) in [4.78, 5) is 4.12. The lowest BCUT2D eigenvalue weighted by Crippen LogP contribution is -2.11. The van der Waals surface area contributed by atoms with Gasteiger partial charge in [-0.3, -0.25) is 4.98 Å². The maximum absolute atomic E-state index is 14.0. The van der Waals surface area contributed by atoms with Gasteiger partial charge in [-0.2, -0.15) is 13.2 Å². The molecule has 0 aliphatic heterocycles. The van der Waals surface area contributed by atoms with Gasteiger partial charge in [0.2, 0.25) is 0 Å². The lowest BCUT2D eigenvalue weighted by Gasteiger charge is -2.14. The topological polar surface area (TPSA) is 12.9 Å². The van der Waals surface area contributed by atoms with Gasteiger partial charge in [-0.1, -0.05) is 18.2 Å². The van der Waals surface area contributed by atoms with Crippen LogP contribution in [0.25, 0.3) is 0 Å². The van der Waals surface area contributed by atoms with Gasteiger partial charge in [0, 0.05) is 23.9 Å². The molecule has 0 fully saturated rings. The van der Waals surface area contributed by atoms with Crippen LogP contribution in [0.15, 0.2) is 36.5 Å². The highest BCUT2D eigenvalue weighted by molar-refractivity contribution is 6.20. The third-order valence-corrected chi connectivity index (χ3v) is 3.42. The van der Waals surface area contributed by atoms with Crippen LogP contribution in [0.2, 0.25) is 0 Å². The summed E-state index contributed by atoms with van der Waals surface area (Å²) in [6, 6.07) is 6.65. The van der Waals surface area contributed by atoms with Crippen molar-refractivity contribution in [2.45, 2.75) is 24.9 Å². The Kier molecular flexibility index (Phi) is 4.52. The smallest absolute Gasteiger partial charge is 0.261 e. The van der Waals surface area contributed by atoms with Gasteiger partial charge in [-0.05, 0) is 24.6 Å². The van der Waals surface area contributed by atoms with Gasteiger partial charge >= 0.3 is 6.18 Å². The third kappa shape index (κ3) is 3.73. The number of alkyl halides is 4. The first-order valence-corrected chi connectivity index (χ1v) is 6.64. The van der Waals surface area contributed by atoms with Crippen molar-refractivity contribution in [3.63, 3.8) is 0 Å². The number of halogens is 5. The Labute approximate surface area is 124 Å². The molecule has 2 aromatic rings. The molecule has 0 aliphatic carbocycles. The molecule has 112 valence electrons. The molecule has 0 aliphatic rings. The average molecular weight is 318 g/mol. The molecule has 2 rings (SSSR count). The fourth-order valence-corrected chi connectivity index (χ4v) is 2.25. The molecule has 21 heavy (non-hydrogen) atoms. The average Bonchev–Trinajstić information content (AvgIpc) is 2.40. The highest BCUT2D eigenvalue weighted by Crippen LogP contribution is 2.36. The van der Waals surface area contributed by atoms with E-state index in [4.69, 9.17) is 11.6 Å². The van der Waals surface area contributed by atoms with Gasteiger partial charge in [0.15, 0.2) is 0 Å². The number of benzene rings is 1. The predicted octanol–water partition coefficient (Wildman–Crippen LogP) is 5.07. The molecular formula is C15H12ClF4N. The Morgan fingerprint density at radius 3 is 2.48 bits per heavy atom. The second-order valence-electron chi connectivity index (χ2n) is 4.71. The van der Waals surface area contributed by atoms with Crippen molar-refractivity contribution in [1.29, 1.82) is 0 Å². The Balaban J connectivity index is 2.27. The molecule has 0 N–H and O–H groups in total. The number of hydrogen-bond donors (Lipinski definition) is 0. The standard InChI is InChI=1S/C15H12ClF4N/c1-9-5-6-10(21-8-9)7-13(16)11-3-2-4-12(14(11)17)15(18,19)20/h2-6,8,13H,7H2,1H3. The minimum absolute atomic E-state index is 0.153. The van der Waals surface area contributed by atoms with E-state index in [1.807, 2.05) is 13.0 Å². The largest absolute Gasteiger partial charge is 0.419 e. The molecule has 0 saturated carbocycles. The molecule has 1 nitrogen and oxygen atoms in total. The molecule has 1 unspecified atom stereocenters. The highest BCUT2D eigenvalue weighted by atomic mass is 35.5. The van der Waals surface area contributed by atoms with E-state index in [1.165, 1.54) is 6.07 Å². The molecular weight excluding hydrogens is 306 g/mol. The molecule has 6 heteroatoms. The van der Waals surface area contributed by atoms with Gasteiger partial charge in [-0.15, -0.1) is 11.6 Å².